The van der Waals surface area contributed by atoms with E-state index in [1.807, 2.05) is 0 Å². The zero-order valence-corrected chi connectivity index (χ0v) is 12.2. The van der Waals surface area contributed by atoms with Gasteiger partial charge < -0.3 is 9.84 Å². The predicted octanol–water partition coefficient (Wildman–Crippen LogP) is 2.04. The molecule has 2 aromatic rings. The number of methoxy groups -OCH3 is 1. The lowest BCUT2D eigenvalue weighted by molar-refractivity contribution is 0.0590. The van der Waals surface area contributed by atoms with E-state index < -0.39 is 11.9 Å². The van der Waals surface area contributed by atoms with Crippen molar-refractivity contribution in [3.05, 3.63) is 35.4 Å². The number of aromatic nitrogens is 2. The number of imidazole rings is 1. The van der Waals surface area contributed by atoms with Gasteiger partial charge in [-0.15, -0.1) is 0 Å². The number of aromatic carboxylic acids is 1. The van der Waals surface area contributed by atoms with Crippen LogP contribution in [0.2, 0.25) is 0 Å². The van der Waals surface area contributed by atoms with Crippen molar-refractivity contribution in [1.82, 2.24) is 9.38 Å². The van der Waals surface area contributed by atoms with Crippen molar-refractivity contribution in [1.29, 1.82) is 0 Å². The standard InChI is InChI=1S/C14H14N2O4S/c1-20-14(19)10-4-2-3-9-11(13(17)18)15-12(16(9)10)8-5-6-21-7-8/h2-4,8H,5-7H2,1H3,(H,17,18). The molecule has 3 heterocycles. The summed E-state index contributed by atoms with van der Waals surface area (Å²) in [5.41, 5.74) is 0.715. The maximum absolute atomic E-state index is 12.0. The summed E-state index contributed by atoms with van der Waals surface area (Å²) in [6.07, 6.45) is 0.929. The monoisotopic (exact) mass is 306 g/mol. The summed E-state index contributed by atoms with van der Waals surface area (Å²) < 4.78 is 6.42. The second-order valence-corrected chi connectivity index (χ2v) is 5.96. The number of carbonyl (C=O) groups excluding carboxylic acids is 1. The second kappa shape index (κ2) is 5.40. The van der Waals surface area contributed by atoms with Crippen LogP contribution in [0.5, 0.6) is 0 Å². The number of carboxylic acids is 1. The van der Waals surface area contributed by atoms with Gasteiger partial charge in [-0.05, 0) is 24.3 Å². The summed E-state index contributed by atoms with van der Waals surface area (Å²) >= 11 is 1.81. The first kappa shape index (κ1) is 13.9. The molecule has 7 heteroatoms. The lowest BCUT2D eigenvalue weighted by Crippen LogP contribution is -2.12. The lowest BCUT2D eigenvalue weighted by Gasteiger charge is -2.10. The first-order valence-corrected chi connectivity index (χ1v) is 7.69. The average Bonchev–Trinajstić information content (AvgIpc) is 3.12. The van der Waals surface area contributed by atoms with Crippen molar-refractivity contribution in [2.75, 3.05) is 18.6 Å². The molecular weight excluding hydrogens is 292 g/mol. The molecule has 0 radical (unpaired) electrons. The molecule has 0 bridgehead atoms. The van der Waals surface area contributed by atoms with Gasteiger partial charge in [-0.2, -0.15) is 11.8 Å². The summed E-state index contributed by atoms with van der Waals surface area (Å²) in [4.78, 5) is 27.6. The Hall–Kier alpha value is -2.02. The molecule has 1 atom stereocenters. The van der Waals surface area contributed by atoms with Crippen LogP contribution >= 0.6 is 11.8 Å². The van der Waals surface area contributed by atoms with Gasteiger partial charge in [-0.3, -0.25) is 4.40 Å². The SMILES string of the molecule is COC(=O)c1cccc2c(C(=O)O)nc(C3CCSC3)n12. The lowest BCUT2D eigenvalue weighted by atomic mass is 10.1. The molecule has 3 rings (SSSR count). The van der Waals surface area contributed by atoms with Crippen LogP contribution in [0.15, 0.2) is 18.2 Å². The third kappa shape index (κ3) is 2.27. The number of carboxylic acid groups (broad SMARTS) is 1. The van der Waals surface area contributed by atoms with Crippen LogP contribution in [0.1, 0.15) is 39.1 Å². The zero-order chi connectivity index (χ0) is 15.0. The normalized spacial score (nSPS) is 18.0. The average molecular weight is 306 g/mol. The van der Waals surface area contributed by atoms with Crippen molar-refractivity contribution in [3.8, 4) is 0 Å². The highest BCUT2D eigenvalue weighted by atomic mass is 32.2. The summed E-state index contributed by atoms with van der Waals surface area (Å²) in [7, 11) is 1.31. The summed E-state index contributed by atoms with van der Waals surface area (Å²) in [5.74, 6) is 1.10. The van der Waals surface area contributed by atoms with E-state index in [4.69, 9.17) is 4.74 Å². The second-order valence-electron chi connectivity index (χ2n) is 4.81. The summed E-state index contributed by atoms with van der Waals surface area (Å²) in [6.45, 7) is 0. The topological polar surface area (TPSA) is 80.9 Å². The Morgan fingerprint density at radius 2 is 2.29 bits per heavy atom. The quantitative estimate of drug-likeness (QED) is 0.874. The molecule has 6 nitrogen and oxygen atoms in total. The number of hydrogen-bond acceptors (Lipinski definition) is 5. The minimum atomic E-state index is -1.09. The fourth-order valence-corrected chi connectivity index (χ4v) is 3.81. The van der Waals surface area contributed by atoms with Gasteiger partial charge in [0.05, 0.1) is 12.6 Å². The molecule has 110 valence electrons. The van der Waals surface area contributed by atoms with Gasteiger partial charge in [0.1, 0.15) is 11.5 Å². The highest BCUT2D eigenvalue weighted by Gasteiger charge is 2.28. The zero-order valence-electron chi connectivity index (χ0n) is 11.4. The van der Waals surface area contributed by atoms with E-state index in [0.717, 1.165) is 17.9 Å². The van der Waals surface area contributed by atoms with Crippen LogP contribution in [0.25, 0.3) is 5.52 Å². The first-order valence-electron chi connectivity index (χ1n) is 6.54. The van der Waals surface area contributed by atoms with Gasteiger partial charge in [0.2, 0.25) is 0 Å². The van der Waals surface area contributed by atoms with E-state index in [1.54, 1.807) is 34.4 Å². The van der Waals surface area contributed by atoms with Gasteiger partial charge in [0.15, 0.2) is 5.69 Å². The van der Waals surface area contributed by atoms with E-state index >= 15 is 0 Å². The van der Waals surface area contributed by atoms with E-state index in [1.165, 1.54) is 7.11 Å². The number of ether oxygens (including phenoxy) is 1. The molecule has 0 saturated carbocycles. The molecule has 0 spiro atoms. The molecular formula is C14H14N2O4S. The Balaban J connectivity index is 2.29. The minimum absolute atomic E-state index is 0.0207. The molecule has 1 N–H and O–H groups in total. The molecule has 0 amide bonds. The maximum atomic E-state index is 12.0. The van der Waals surface area contributed by atoms with Crippen LogP contribution in [0.3, 0.4) is 0 Å². The van der Waals surface area contributed by atoms with E-state index in [9.17, 15) is 14.7 Å². The summed E-state index contributed by atoms with van der Waals surface area (Å²) in [6, 6.07) is 4.93. The summed E-state index contributed by atoms with van der Waals surface area (Å²) in [5, 5.41) is 9.33. The van der Waals surface area contributed by atoms with E-state index in [-0.39, 0.29) is 11.6 Å². The van der Waals surface area contributed by atoms with Crippen LogP contribution in [-0.4, -0.2) is 45.0 Å². The Morgan fingerprint density at radius 1 is 1.48 bits per heavy atom. The number of hydrogen-bond donors (Lipinski definition) is 1. The Kier molecular flexibility index (Phi) is 3.59. The molecule has 21 heavy (non-hydrogen) atoms. The molecule has 1 aliphatic heterocycles. The largest absolute Gasteiger partial charge is 0.476 e. The molecule has 0 aliphatic carbocycles. The molecule has 1 fully saturated rings. The predicted molar refractivity (Wildman–Crippen MR) is 78.2 cm³/mol. The first-order chi connectivity index (χ1) is 10.1. The highest BCUT2D eigenvalue weighted by molar-refractivity contribution is 7.99. The minimum Gasteiger partial charge on any atom is -0.476 e. The van der Waals surface area contributed by atoms with Crippen LogP contribution in [0, 0.1) is 0 Å². The number of nitrogens with zero attached hydrogens (tertiary/aromatic N) is 2. The Bertz CT molecular complexity index is 719. The third-order valence-electron chi connectivity index (χ3n) is 3.58. The van der Waals surface area contributed by atoms with Gasteiger partial charge >= 0.3 is 11.9 Å². The van der Waals surface area contributed by atoms with Crippen molar-refractivity contribution >= 4 is 29.2 Å². The number of thioether (sulfide) groups is 1. The number of pyridine rings is 1. The maximum Gasteiger partial charge on any atom is 0.356 e. The number of esters is 1. The number of fused-ring (bicyclic) bond motifs is 1. The van der Waals surface area contributed by atoms with Gasteiger partial charge in [-0.25, -0.2) is 14.6 Å². The van der Waals surface area contributed by atoms with Gasteiger partial charge in [0, 0.05) is 11.7 Å². The molecule has 2 aromatic heterocycles. The van der Waals surface area contributed by atoms with Crippen molar-refractivity contribution in [2.45, 2.75) is 12.3 Å². The van der Waals surface area contributed by atoms with Crippen LogP contribution < -0.4 is 0 Å². The highest BCUT2D eigenvalue weighted by Crippen LogP contribution is 2.33. The molecule has 1 unspecified atom stereocenters. The Morgan fingerprint density at radius 3 is 2.90 bits per heavy atom. The van der Waals surface area contributed by atoms with Crippen LogP contribution in [0.4, 0.5) is 0 Å². The fraction of sp³-hybridized carbons (Fsp3) is 0.357. The third-order valence-corrected chi connectivity index (χ3v) is 4.74. The smallest absolute Gasteiger partial charge is 0.356 e. The van der Waals surface area contributed by atoms with Crippen molar-refractivity contribution in [2.24, 2.45) is 0 Å². The molecule has 1 saturated heterocycles. The number of rotatable bonds is 3. The van der Waals surface area contributed by atoms with E-state index in [2.05, 4.69) is 4.98 Å². The van der Waals surface area contributed by atoms with Crippen LogP contribution in [-0.2, 0) is 4.74 Å². The number of carbonyl (C=O) groups is 2. The van der Waals surface area contributed by atoms with Crippen molar-refractivity contribution < 1.29 is 19.4 Å². The van der Waals surface area contributed by atoms with E-state index in [0.29, 0.717) is 17.0 Å². The Labute approximate surface area is 125 Å². The van der Waals surface area contributed by atoms with Crippen molar-refractivity contribution in [3.63, 3.8) is 0 Å². The fourth-order valence-electron chi connectivity index (χ4n) is 2.60. The van der Waals surface area contributed by atoms with Gasteiger partial charge in [-0.1, -0.05) is 6.07 Å². The van der Waals surface area contributed by atoms with Gasteiger partial charge in [0.25, 0.3) is 0 Å². The molecule has 1 aliphatic rings. The molecule has 0 aromatic carbocycles.